The molecule has 1 rings (SSSR count). The Balaban J connectivity index is 2.14. The minimum absolute atomic E-state index is 0.249. The van der Waals surface area contributed by atoms with Crippen LogP contribution >= 0.6 is 0 Å². The van der Waals surface area contributed by atoms with E-state index < -0.39 is 74.2 Å². The fraction of sp³-hybridized carbons (Fsp3) is 0.928. The molecule has 1 fully saturated rings. The molecule has 0 aromatic rings. The molecule has 80 heavy (non-hydrogen) atoms. The van der Waals surface area contributed by atoms with Gasteiger partial charge in [-0.2, -0.15) is 0 Å². The molecule has 1 aliphatic heterocycles. The van der Waals surface area contributed by atoms with E-state index in [1.807, 2.05) is 0 Å². The number of hydrogen-bond acceptors (Lipinski definition) is 10. The lowest BCUT2D eigenvalue weighted by molar-refractivity contribution is -0.303. The van der Waals surface area contributed by atoms with Crippen molar-refractivity contribution in [2.24, 2.45) is 0 Å². The van der Waals surface area contributed by atoms with Gasteiger partial charge in [0, 0.05) is 0 Å². The SMILES string of the molecule is CCCCCCCCCC/C=C/CC/C=C/CCCC(O)C(O)C(COC1OC(CO)C(O)C(O)C1O)NC(=O)C(O)CCCCCCCCCCCCCCCCCCCCCCCCCCCCCCCCCCCCCC. The number of ether oxygens (including phenoxy) is 2. The Morgan fingerprint density at radius 2 is 0.750 bits per heavy atom. The van der Waals surface area contributed by atoms with E-state index in [1.165, 1.54) is 257 Å². The van der Waals surface area contributed by atoms with Gasteiger partial charge in [0.15, 0.2) is 6.29 Å². The molecule has 1 aliphatic rings. The van der Waals surface area contributed by atoms with E-state index >= 15 is 0 Å². The fourth-order valence-corrected chi connectivity index (χ4v) is 11.4. The fourth-order valence-electron chi connectivity index (χ4n) is 11.4. The third-order valence-electron chi connectivity index (χ3n) is 17.0. The lowest BCUT2D eigenvalue weighted by Crippen LogP contribution is -2.60. The van der Waals surface area contributed by atoms with E-state index in [4.69, 9.17) is 9.47 Å². The number of carbonyl (C=O) groups excluding carboxylic acids is 1. The van der Waals surface area contributed by atoms with Gasteiger partial charge in [-0.25, -0.2) is 0 Å². The van der Waals surface area contributed by atoms with Gasteiger partial charge in [-0.15, -0.1) is 0 Å². The summed E-state index contributed by atoms with van der Waals surface area (Å²) >= 11 is 0. The first-order chi connectivity index (χ1) is 39.2. The highest BCUT2D eigenvalue weighted by atomic mass is 16.7. The van der Waals surface area contributed by atoms with Gasteiger partial charge in [0.25, 0.3) is 0 Å². The van der Waals surface area contributed by atoms with Crippen LogP contribution in [-0.4, -0.2) is 110 Å². The van der Waals surface area contributed by atoms with Gasteiger partial charge >= 0.3 is 0 Å². The van der Waals surface area contributed by atoms with Gasteiger partial charge in [0.2, 0.25) is 5.91 Å². The third kappa shape index (κ3) is 45.0. The minimum atomic E-state index is -1.67. The third-order valence-corrected chi connectivity index (χ3v) is 17.0. The second-order valence-electron chi connectivity index (χ2n) is 24.6. The normalized spacial score (nSPS) is 19.3. The zero-order chi connectivity index (χ0) is 58.2. The van der Waals surface area contributed by atoms with E-state index in [1.54, 1.807) is 0 Å². The van der Waals surface area contributed by atoms with Crippen LogP contribution in [0.2, 0.25) is 0 Å². The standard InChI is InChI=1S/C69H133NO10/c1-3-5-7-9-11-13-15-17-19-21-22-23-24-25-26-27-28-29-30-31-32-33-34-35-36-37-38-39-41-43-45-47-49-51-53-55-57-62(73)68(78)70-60(59-79-69-67(77)66(76)65(75)63(58-71)80-69)64(74)61(72)56-54-52-50-48-46-44-42-40-20-18-16-14-12-10-8-6-4-2/h40,42,48,50,60-67,69,71-77H,3-39,41,43-47,49,51-59H2,1-2H3,(H,70,78)/b42-40+,50-48+. The van der Waals surface area contributed by atoms with Crippen LogP contribution in [0.1, 0.15) is 341 Å². The maximum absolute atomic E-state index is 13.2. The van der Waals surface area contributed by atoms with Crippen LogP contribution in [0, 0.1) is 0 Å². The molecule has 0 aromatic heterocycles. The van der Waals surface area contributed by atoms with Crippen LogP contribution in [0.4, 0.5) is 0 Å². The van der Waals surface area contributed by atoms with Crippen LogP contribution in [0.5, 0.6) is 0 Å². The number of rotatable bonds is 61. The summed E-state index contributed by atoms with van der Waals surface area (Å²) in [6.07, 6.45) is 61.4. The van der Waals surface area contributed by atoms with Crippen LogP contribution < -0.4 is 5.32 Å². The number of unbranched alkanes of at least 4 members (excludes halogenated alkanes) is 45. The summed E-state index contributed by atoms with van der Waals surface area (Å²) in [5.74, 6) is -0.704. The quantitative estimate of drug-likeness (QED) is 0.0215. The summed E-state index contributed by atoms with van der Waals surface area (Å²) < 4.78 is 11.2. The number of amides is 1. The first-order valence-corrected chi connectivity index (χ1v) is 34.7. The van der Waals surface area contributed by atoms with Crippen LogP contribution in [-0.2, 0) is 14.3 Å². The molecule has 11 nitrogen and oxygen atoms in total. The number of carbonyl (C=O) groups is 1. The highest BCUT2D eigenvalue weighted by molar-refractivity contribution is 5.80. The van der Waals surface area contributed by atoms with Crippen LogP contribution in [0.25, 0.3) is 0 Å². The summed E-state index contributed by atoms with van der Waals surface area (Å²) in [5.41, 5.74) is 0. The summed E-state index contributed by atoms with van der Waals surface area (Å²) in [7, 11) is 0. The molecular formula is C69H133NO10. The van der Waals surface area contributed by atoms with Crippen molar-refractivity contribution in [2.45, 2.75) is 396 Å². The van der Waals surface area contributed by atoms with Gasteiger partial charge in [0.1, 0.15) is 36.6 Å². The van der Waals surface area contributed by atoms with E-state index in [-0.39, 0.29) is 12.8 Å². The van der Waals surface area contributed by atoms with Gasteiger partial charge in [-0.3, -0.25) is 4.79 Å². The predicted octanol–water partition coefficient (Wildman–Crippen LogP) is 16.4. The van der Waals surface area contributed by atoms with Crippen molar-refractivity contribution in [1.82, 2.24) is 5.32 Å². The molecule has 9 atom stereocenters. The average molecular weight is 1140 g/mol. The summed E-state index contributed by atoms with van der Waals surface area (Å²) in [6, 6.07) is -1.19. The zero-order valence-corrected chi connectivity index (χ0v) is 52.3. The highest BCUT2D eigenvalue weighted by Crippen LogP contribution is 2.24. The second-order valence-corrected chi connectivity index (χ2v) is 24.6. The molecule has 11 heteroatoms. The Morgan fingerprint density at radius 1 is 0.425 bits per heavy atom. The van der Waals surface area contributed by atoms with Crippen molar-refractivity contribution in [3.8, 4) is 0 Å². The first-order valence-electron chi connectivity index (χ1n) is 34.7. The zero-order valence-electron chi connectivity index (χ0n) is 52.3. The maximum Gasteiger partial charge on any atom is 0.249 e. The number of nitrogens with one attached hydrogen (secondary N) is 1. The molecule has 0 aliphatic carbocycles. The van der Waals surface area contributed by atoms with Gasteiger partial charge in [-0.1, -0.05) is 314 Å². The predicted molar refractivity (Wildman–Crippen MR) is 335 cm³/mol. The number of hydrogen-bond donors (Lipinski definition) is 8. The molecule has 0 bridgehead atoms. The van der Waals surface area contributed by atoms with Gasteiger partial charge in [0.05, 0.1) is 25.4 Å². The van der Waals surface area contributed by atoms with E-state index in [2.05, 4.69) is 43.5 Å². The molecule has 0 saturated carbocycles. The molecule has 0 aromatic carbocycles. The van der Waals surface area contributed by atoms with Crippen molar-refractivity contribution in [3.05, 3.63) is 24.3 Å². The van der Waals surface area contributed by atoms with Gasteiger partial charge < -0.3 is 50.5 Å². The molecule has 1 saturated heterocycles. The molecule has 9 unspecified atom stereocenters. The molecule has 1 heterocycles. The lowest BCUT2D eigenvalue weighted by atomic mass is 9.98. The first kappa shape index (κ1) is 76.6. The number of aliphatic hydroxyl groups is 7. The molecule has 1 amide bonds. The molecule has 0 radical (unpaired) electrons. The molecule has 8 N–H and O–H groups in total. The van der Waals surface area contributed by atoms with Gasteiger partial charge in [-0.05, 0) is 51.4 Å². The van der Waals surface area contributed by atoms with E-state index in [0.717, 1.165) is 38.5 Å². The Hall–Kier alpha value is -1.41. The van der Waals surface area contributed by atoms with Crippen molar-refractivity contribution in [1.29, 1.82) is 0 Å². The number of aliphatic hydroxyl groups excluding tert-OH is 7. The average Bonchev–Trinajstić information content (AvgIpc) is 3.47. The smallest absolute Gasteiger partial charge is 0.249 e. The Morgan fingerprint density at radius 3 is 1.11 bits per heavy atom. The second kappa shape index (κ2) is 58.0. The lowest BCUT2D eigenvalue weighted by Gasteiger charge is -2.40. The molecule has 474 valence electrons. The van der Waals surface area contributed by atoms with Crippen molar-refractivity contribution < 1.29 is 50.0 Å². The van der Waals surface area contributed by atoms with Crippen molar-refractivity contribution in [2.75, 3.05) is 13.2 Å². The molecule has 0 spiro atoms. The monoisotopic (exact) mass is 1140 g/mol. The minimum Gasteiger partial charge on any atom is -0.394 e. The van der Waals surface area contributed by atoms with Crippen molar-refractivity contribution >= 4 is 5.91 Å². The highest BCUT2D eigenvalue weighted by Gasteiger charge is 2.44. The summed E-state index contributed by atoms with van der Waals surface area (Å²) in [6.45, 7) is 3.47. The Labute approximate surface area is 493 Å². The number of allylic oxidation sites excluding steroid dienone is 4. The Kier molecular flexibility index (Phi) is 55.5. The Bertz CT molecular complexity index is 1350. The summed E-state index contributed by atoms with van der Waals surface area (Å²) in [5, 5.41) is 76.3. The summed E-state index contributed by atoms with van der Waals surface area (Å²) in [4.78, 5) is 13.2. The van der Waals surface area contributed by atoms with E-state index in [0.29, 0.717) is 19.3 Å². The van der Waals surface area contributed by atoms with Crippen molar-refractivity contribution in [3.63, 3.8) is 0 Å². The van der Waals surface area contributed by atoms with E-state index in [9.17, 15) is 40.5 Å². The molecular weight excluding hydrogens is 1000 g/mol. The topological polar surface area (TPSA) is 189 Å². The maximum atomic E-state index is 13.2. The van der Waals surface area contributed by atoms with Crippen LogP contribution in [0.3, 0.4) is 0 Å². The van der Waals surface area contributed by atoms with Crippen LogP contribution in [0.15, 0.2) is 24.3 Å². The largest absolute Gasteiger partial charge is 0.394 e.